The normalized spacial score (nSPS) is 17.1. The second-order valence-corrected chi connectivity index (χ2v) is 7.25. The van der Waals surface area contributed by atoms with Gasteiger partial charge in [-0.3, -0.25) is 4.79 Å². The predicted molar refractivity (Wildman–Crippen MR) is 110 cm³/mol. The second-order valence-electron chi connectivity index (χ2n) is 6.84. The molecule has 0 bridgehead atoms. The number of piperazine rings is 1. The summed E-state index contributed by atoms with van der Waals surface area (Å²) in [7, 11) is 2.48. The minimum Gasteiger partial charge on any atom is -0.466 e. The van der Waals surface area contributed by atoms with Crippen LogP contribution < -0.4 is 9.80 Å². The van der Waals surface area contributed by atoms with Gasteiger partial charge in [0.25, 0.3) is 0 Å². The minimum atomic E-state index is -0.667. The Hall–Kier alpha value is -2.78. The van der Waals surface area contributed by atoms with E-state index in [1.165, 1.54) is 19.1 Å². The van der Waals surface area contributed by atoms with Gasteiger partial charge >= 0.3 is 11.9 Å². The zero-order valence-electron chi connectivity index (χ0n) is 17.1. The average Bonchev–Trinajstić information content (AvgIpc) is 2.77. The Morgan fingerprint density at radius 2 is 1.70 bits per heavy atom. The second kappa shape index (κ2) is 9.36. The molecule has 0 atom stereocenters. The van der Waals surface area contributed by atoms with Gasteiger partial charge in [0.1, 0.15) is 12.4 Å². The van der Waals surface area contributed by atoms with Gasteiger partial charge in [-0.05, 0) is 18.2 Å². The summed E-state index contributed by atoms with van der Waals surface area (Å²) in [6.45, 7) is 4.16. The van der Waals surface area contributed by atoms with Crippen molar-refractivity contribution >= 4 is 40.8 Å². The number of amides is 1. The molecular formula is C20H24ClN3O6. The Balaban J connectivity index is 1.89. The molecule has 0 spiro atoms. The smallest absolute Gasteiger partial charge is 0.355 e. The molecule has 30 heavy (non-hydrogen) atoms. The van der Waals surface area contributed by atoms with Gasteiger partial charge in [0.05, 0.1) is 37.1 Å². The first-order valence-corrected chi connectivity index (χ1v) is 9.80. The van der Waals surface area contributed by atoms with Gasteiger partial charge in [-0.15, -0.1) is 0 Å². The van der Waals surface area contributed by atoms with Crippen molar-refractivity contribution in [3.8, 4) is 0 Å². The molecule has 1 fully saturated rings. The van der Waals surface area contributed by atoms with Gasteiger partial charge in [-0.25, -0.2) is 9.59 Å². The summed E-state index contributed by atoms with van der Waals surface area (Å²) in [4.78, 5) is 41.5. The van der Waals surface area contributed by atoms with Crippen molar-refractivity contribution in [1.82, 2.24) is 4.90 Å². The lowest BCUT2D eigenvalue weighted by Crippen LogP contribution is -2.48. The average molecular weight is 438 g/mol. The highest BCUT2D eigenvalue weighted by atomic mass is 35.5. The number of carbonyl (C=O) groups is 3. The van der Waals surface area contributed by atoms with E-state index in [1.807, 2.05) is 6.07 Å². The van der Waals surface area contributed by atoms with E-state index < -0.39 is 11.9 Å². The molecule has 0 radical (unpaired) electrons. The number of hydrogen-bond donors (Lipinski definition) is 0. The first kappa shape index (κ1) is 21.9. The van der Waals surface area contributed by atoms with E-state index in [0.29, 0.717) is 36.9 Å². The maximum atomic E-state index is 12.4. The van der Waals surface area contributed by atoms with Crippen molar-refractivity contribution in [2.75, 3.05) is 63.5 Å². The fraction of sp³-hybridized carbons (Fsp3) is 0.450. The van der Waals surface area contributed by atoms with E-state index >= 15 is 0 Å². The van der Waals surface area contributed by atoms with Crippen molar-refractivity contribution < 1.29 is 28.6 Å². The summed E-state index contributed by atoms with van der Waals surface area (Å²) in [6, 6.07) is 5.36. The number of methoxy groups -OCH3 is 2. The quantitative estimate of drug-likeness (QED) is 0.653. The fourth-order valence-corrected chi connectivity index (χ4v) is 3.82. The summed E-state index contributed by atoms with van der Waals surface area (Å²) >= 11 is 6.55. The topological polar surface area (TPSA) is 88.6 Å². The number of halogens is 1. The van der Waals surface area contributed by atoms with Crippen molar-refractivity contribution in [1.29, 1.82) is 0 Å². The number of ether oxygens (including phenoxy) is 3. The highest BCUT2D eigenvalue weighted by Crippen LogP contribution is 2.34. The summed E-state index contributed by atoms with van der Waals surface area (Å²) in [5.41, 5.74) is 1.55. The van der Waals surface area contributed by atoms with Crippen LogP contribution >= 0.6 is 11.6 Å². The molecule has 0 aliphatic carbocycles. The fourth-order valence-electron chi connectivity index (χ4n) is 3.53. The Bertz CT molecular complexity index is 879. The van der Waals surface area contributed by atoms with Crippen molar-refractivity contribution in [3.05, 3.63) is 34.5 Å². The van der Waals surface area contributed by atoms with Crippen LogP contribution in [0.1, 0.15) is 6.92 Å². The summed E-state index contributed by atoms with van der Waals surface area (Å²) in [5.74, 6) is -1.27. The molecule has 0 unspecified atom stereocenters. The maximum Gasteiger partial charge on any atom is 0.355 e. The molecule has 1 aromatic rings. The highest BCUT2D eigenvalue weighted by molar-refractivity contribution is 6.33. The van der Waals surface area contributed by atoms with E-state index in [0.717, 1.165) is 5.69 Å². The molecule has 2 aliphatic rings. The zero-order chi connectivity index (χ0) is 21.8. The molecule has 1 aromatic carbocycles. The van der Waals surface area contributed by atoms with Gasteiger partial charge in [0.15, 0.2) is 0 Å². The molecule has 1 saturated heterocycles. The number of esters is 2. The van der Waals surface area contributed by atoms with Crippen LogP contribution in [0.4, 0.5) is 11.4 Å². The summed E-state index contributed by atoms with van der Waals surface area (Å²) < 4.78 is 15.1. The lowest BCUT2D eigenvalue weighted by Gasteiger charge is -2.36. The third-order valence-electron chi connectivity index (χ3n) is 5.14. The number of rotatable bonds is 4. The van der Waals surface area contributed by atoms with Crippen LogP contribution in [0.15, 0.2) is 29.5 Å². The van der Waals surface area contributed by atoms with Crippen LogP contribution in [0.2, 0.25) is 5.02 Å². The SMILES string of the molecule is COC(=O)C1=C(C(=O)OC)N(c2ccc(N3CCN(C(C)=O)CC3)c(Cl)c2)COC1. The van der Waals surface area contributed by atoms with Crippen molar-refractivity contribution in [3.63, 3.8) is 0 Å². The number of carbonyl (C=O) groups excluding carboxylic acids is 3. The van der Waals surface area contributed by atoms with E-state index in [2.05, 4.69) is 4.90 Å². The largest absolute Gasteiger partial charge is 0.466 e. The third-order valence-corrected chi connectivity index (χ3v) is 5.44. The van der Waals surface area contributed by atoms with E-state index in [1.54, 1.807) is 24.0 Å². The standard InChI is InChI=1S/C20H24ClN3O6/c1-13(25)22-6-8-23(9-7-22)17-5-4-14(10-16(17)21)24-12-30-11-15(19(26)28-2)18(24)20(27)29-3/h4-5,10H,6-9,11-12H2,1-3H3. The Morgan fingerprint density at radius 1 is 1.03 bits per heavy atom. The van der Waals surface area contributed by atoms with Gasteiger partial charge in [-0.1, -0.05) is 11.6 Å². The molecule has 10 heteroatoms. The minimum absolute atomic E-state index is 0.0535. The number of nitrogens with zero attached hydrogens (tertiary/aromatic N) is 3. The number of hydrogen-bond acceptors (Lipinski definition) is 8. The number of benzene rings is 1. The van der Waals surface area contributed by atoms with Crippen LogP contribution in [-0.4, -0.2) is 76.5 Å². The summed E-state index contributed by atoms with van der Waals surface area (Å²) in [5, 5.41) is 0.484. The first-order valence-electron chi connectivity index (χ1n) is 9.42. The molecule has 2 heterocycles. The van der Waals surface area contributed by atoms with Gasteiger partial charge in [0, 0.05) is 38.8 Å². The summed E-state index contributed by atoms with van der Waals surface area (Å²) in [6.07, 6.45) is 0. The van der Waals surface area contributed by atoms with Crippen molar-refractivity contribution in [2.45, 2.75) is 6.92 Å². The van der Waals surface area contributed by atoms with Gasteiger partial charge < -0.3 is 28.9 Å². The third kappa shape index (κ3) is 4.36. The van der Waals surface area contributed by atoms with Crippen LogP contribution in [-0.2, 0) is 28.6 Å². The number of anilines is 2. The Labute approximate surface area is 179 Å². The molecule has 2 aliphatic heterocycles. The monoisotopic (exact) mass is 437 g/mol. The first-order chi connectivity index (χ1) is 14.4. The molecule has 1 amide bonds. The molecule has 0 N–H and O–H groups in total. The lowest BCUT2D eigenvalue weighted by molar-refractivity contribution is -0.140. The molecule has 0 aromatic heterocycles. The van der Waals surface area contributed by atoms with Crippen molar-refractivity contribution in [2.24, 2.45) is 0 Å². The molecule has 162 valence electrons. The van der Waals surface area contributed by atoms with E-state index in [9.17, 15) is 14.4 Å². The Morgan fingerprint density at radius 3 is 2.27 bits per heavy atom. The lowest BCUT2D eigenvalue weighted by atomic mass is 10.1. The van der Waals surface area contributed by atoms with Gasteiger partial charge in [0.2, 0.25) is 5.91 Å². The van der Waals surface area contributed by atoms with Crippen LogP contribution in [0, 0.1) is 0 Å². The zero-order valence-corrected chi connectivity index (χ0v) is 17.9. The van der Waals surface area contributed by atoms with Crippen LogP contribution in [0.25, 0.3) is 0 Å². The predicted octanol–water partition coefficient (Wildman–Crippen LogP) is 1.40. The Kier molecular flexibility index (Phi) is 6.84. The highest BCUT2D eigenvalue weighted by Gasteiger charge is 2.33. The molecule has 3 rings (SSSR count). The molecule has 9 nitrogen and oxygen atoms in total. The van der Waals surface area contributed by atoms with Gasteiger partial charge in [-0.2, -0.15) is 0 Å². The van der Waals surface area contributed by atoms with Crippen LogP contribution in [0.3, 0.4) is 0 Å². The maximum absolute atomic E-state index is 12.4. The van der Waals surface area contributed by atoms with Crippen LogP contribution in [0.5, 0.6) is 0 Å². The van der Waals surface area contributed by atoms with E-state index in [4.69, 9.17) is 25.8 Å². The van der Waals surface area contributed by atoms with E-state index in [-0.39, 0.29) is 30.5 Å². The molecular weight excluding hydrogens is 414 g/mol. The molecule has 0 saturated carbocycles.